The van der Waals surface area contributed by atoms with Crippen molar-refractivity contribution in [2.75, 3.05) is 5.32 Å². The van der Waals surface area contributed by atoms with Gasteiger partial charge in [-0.1, -0.05) is 36.8 Å². The van der Waals surface area contributed by atoms with Crippen molar-refractivity contribution in [3.05, 3.63) is 53.5 Å². The van der Waals surface area contributed by atoms with Gasteiger partial charge in [-0.2, -0.15) is 0 Å². The number of carbonyl (C=O) groups excluding carboxylic acids is 1. The lowest BCUT2D eigenvalue weighted by Crippen LogP contribution is -2.24. The van der Waals surface area contributed by atoms with Gasteiger partial charge < -0.3 is 10.6 Å². The van der Waals surface area contributed by atoms with E-state index >= 15 is 0 Å². The number of aryl methyl sites for hydroxylation is 1. The summed E-state index contributed by atoms with van der Waals surface area (Å²) in [5.41, 5.74) is 2.61. The molecule has 1 unspecified atom stereocenters. The fourth-order valence-corrected chi connectivity index (χ4v) is 2.01. The second-order valence-electron chi connectivity index (χ2n) is 5.41. The summed E-state index contributed by atoms with van der Waals surface area (Å²) in [6, 6.07) is 10.0. The molecular weight excluding hydrogens is 276 g/mol. The molecule has 0 saturated carbocycles. The van der Waals surface area contributed by atoms with Gasteiger partial charge in [-0.15, -0.1) is 0 Å². The highest BCUT2D eigenvalue weighted by Crippen LogP contribution is 2.08. The van der Waals surface area contributed by atoms with Gasteiger partial charge >= 0.3 is 0 Å². The largest absolute Gasteiger partial charge is 0.368 e. The molecule has 5 heteroatoms. The Morgan fingerprint density at radius 3 is 2.82 bits per heavy atom. The van der Waals surface area contributed by atoms with Gasteiger partial charge in [-0.05, 0) is 25.8 Å². The van der Waals surface area contributed by atoms with Crippen molar-refractivity contribution in [1.29, 1.82) is 0 Å². The molecule has 0 radical (unpaired) electrons. The molecule has 116 valence electrons. The number of rotatable bonds is 6. The number of hydrogen-bond acceptors (Lipinski definition) is 4. The Kier molecular flexibility index (Phi) is 5.47. The maximum Gasteiger partial charge on any atom is 0.270 e. The predicted octanol–water partition coefficient (Wildman–Crippen LogP) is 2.93. The maximum atomic E-state index is 12.2. The summed E-state index contributed by atoms with van der Waals surface area (Å²) >= 11 is 0. The van der Waals surface area contributed by atoms with Crippen LogP contribution in [0.2, 0.25) is 0 Å². The van der Waals surface area contributed by atoms with Crippen LogP contribution >= 0.6 is 0 Å². The van der Waals surface area contributed by atoms with E-state index in [2.05, 4.69) is 40.5 Å². The fourth-order valence-electron chi connectivity index (χ4n) is 2.01. The number of nitrogens with one attached hydrogen (secondary N) is 2. The van der Waals surface area contributed by atoms with E-state index in [0.717, 1.165) is 12.0 Å². The summed E-state index contributed by atoms with van der Waals surface area (Å²) in [7, 11) is 0. The van der Waals surface area contributed by atoms with Crippen molar-refractivity contribution in [3.8, 4) is 0 Å². The van der Waals surface area contributed by atoms with Gasteiger partial charge in [0.05, 0.1) is 0 Å². The van der Waals surface area contributed by atoms with Crippen molar-refractivity contribution in [3.63, 3.8) is 0 Å². The van der Waals surface area contributed by atoms with Crippen molar-refractivity contribution < 1.29 is 4.79 Å². The van der Waals surface area contributed by atoms with E-state index in [0.29, 0.717) is 24.1 Å². The second-order valence-corrected chi connectivity index (χ2v) is 5.41. The van der Waals surface area contributed by atoms with Crippen molar-refractivity contribution >= 4 is 11.7 Å². The van der Waals surface area contributed by atoms with Gasteiger partial charge in [0.15, 0.2) is 0 Å². The quantitative estimate of drug-likeness (QED) is 0.860. The maximum absolute atomic E-state index is 12.2. The van der Waals surface area contributed by atoms with Crippen LogP contribution in [0.4, 0.5) is 5.82 Å². The number of carbonyl (C=O) groups is 1. The van der Waals surface area contributed by atoms with Crippen LogP contribution in [0, 0.1) is 6.92 Å². The van der Waals surface area contributed by atoms with Crippen LogP contribution in [-0.4, -0.2) is 21.9 Å². The van der Waals surface area contributed by atoms with Crippen LogP contribution in [0.25, 0.3) is 0 Å². The normalized spacial score (nSPS) is 11.8. The van der Waals surface area contributed by atoms with Gasteiger partial charge in [0, 0.05) is 18.7 Å². The summed E-state index contributed by atoms with van der Waals surface area (Å²) in [6.45, 7) is 6.68. The van der Waals surface area contributed by atoms with Gasteiger partial charge in [0.25, 0.3) is 5.91 Å². The average Bonchev–Trinajstić information content (AvgIpc) is 2.53. The second kappa shape index (κ2) is 7.54. The minimum atomic E-state index is -0.198. The molecule has 0 spiro atoms. The van der Waals surface area contributed by atoms with Crippen molar-refractivity contribution in [1.82, 2.24) is 15.3 Å². The van der Waals surface area contributed by atoms with Crippen LogP contribution < -0.4 is 10.6 Å². The molecule has 22 heavy (non-hydrogen) atoms. The number of benzene rings is 1. The Balaban J connectivity index is 1.99. The lowest BCUT2D eigenvalue weighted by molar-refractivity contribution is 0.0945. The molecule has 1 aromatic carbocycles. The van der Waals surface area contributed by atoms with E-state index in [1.165, 1.54) is 11.9 Å². The Hall–Kier alpha value is -2.43. The highest BCUT2D eigenvalue weighted by molar-refractivity contribution is 5.92. The van der Waals surface area contributed by atoms with Crippen LogP contribution in [0.3, 0.4) is 0 Å². The zero-order valence-electron chi connectivity index (χ0n) is 13.3. The Morgan fingerprint density at radius 1 is 1.27 bits per heavy atom. The topological polar surface area (TPSA) is 66.9 Å². The zero-order chi connectivity index (χ0) is 15.9. The summed E-state index contributed by atoms with van der Waals surface area (Å²) in [5.74, 6) is 0.473. The molecule has 0 fully saturated rings. The third kappa shape index (κ3) is 4.55. The van der Waals surface area contributed by atoms with E-state index in [1.54, 1.807) is 6.07 Å². The van der Waals surface area contributed by atoms with Crippen molar-refractivity contribution in [2.24, 2.45) is 0 Å². The van der Waals surface area contributed by atoms with E-state index in [-0.39, 0.29) is 5.91 Å². The minimum Gasteiger partial charge on any atom is -0.368 e. The number of aromatic nitrogens is 2. The SMILES string of the molecule is CCC(C)Nc1cc(C(=O)NCc2cccc(C)c2)ncn1. The van der Waals surface area contributed by atoms with Crippen LogP contribution in [0.1, 0.15) is 41.9 Å². The third-order valence-electron chi connectivity index (χ3n) is 3.44. The first-order valence-corrected chi connectivity index (χ1v) is 7.50. The van der Waals surface area contributed by atoms with E-state index in [4.69, 9.17) is 0 Å². The zero-order valence-corrected chi connectivity index (χ0v) is 13.3. The fraction of sp³-hybridized carbons (Fsp3) is 0.353. The van der Waals surface area contributed by atoms with Crippen LogP contribution in [0.15, 0.2) is 36.7 Å². The molecule has 1 atom stereocenters. The summed E-state index contributed by atoms with van der Waals surface area (Å²) in [6.07, 6.45) is 2.39. The molecule has 1 amide bonds. The number of hydrogen-bond donors (Lipinski definition) is 2. The molecule has 5 nitrogen and oxygen atoms in total. The number of amides is 1. The van der Waals surface area contributed by atoms with Gasteiger partial charge in [0.2, 0.25) is 0 Å². The molecule has 2 N–H and O–H groups in total. The van der Waals surface area contributed by atoms with E-state index < -0.39 is 0 Å². The van der Waals surface area contributed by atoms with Crippen LogP contribution in [-0.2, 0) is 6.54 Å². The Morgan fingerprint density at radius 2 is 2.09 bits per heavy atom. The summed E-state index contributed by atoms with van der Waals surface area (Å²) in [4.78, 5) is 20.4. The lowest BCUT2D eigenvalue weighted by Gasteiger charge is -2.12. The Labute approximate surface area is 131 Å². The predicted molar refractivity (Wildman–Crippen MR) is 87.8 cm³/mol. The Bertz CT molecular complexity index is 642. The molecule has 0 aliphatic heterocycles. The van der Waals surface area contributed by atoms with E-state index in [1.807, 2.05) is 25.1 Å². The first-order valence-electron chi connectivity index (χ1n) is 7.50. The standard InChI is InChI=1S/C17H22N4O/c1-4-13(3)21-16-9-15(19-11-20-16)17(22)18-10-14-7-5-6-12(2)8-14/h5-9,11,13H,4,10H2,1-3H3,(H,18,22)(H,19,20,21). The molecule has 0 bridgehead atoms. The molecule has 1 aromatic heterocycles. The highest BCUT2D eigenvalue weighted by Gasteiger charge is 2.09. The molecule has 2 rings (SSSR count). The van der Waals surface area contributed by atoms with Crippen molar-refractivity contribution in [2.45, 2.75) is 39.8 Å². The smallest absolute Gasteiger partial charge is 0.270 e. The monoisotopic (exact) mass is 298 g/mol. The first-order chi connectivity index (χ1) is 10.6. The highest BCUT2D eigenvalue weighted by atomic mass is 16.1. The molecule has 0 aliphatic carbocycles. The molecule has 0 aliphatic rings. The molecule has 1 heterocycles. The molecule has 0 saturated heterocycles. The molecule has 2 aromatic rings. The van der Waals surface area contributed by atoms with Gasteiger partial charge in [-0.25, -0.2) is 9.97 Å². The van der Waals surface area contributed by atoms with Gasteiger partial charge in [0.1, 0.15) is 17.8 Å². The van der Waals surface area contributed by atoms with Crippen LogP contribution in [0.5, 0.6) is 0 Å². The van der Waals surface area contributed by atoms with E-state index in [9.17, 15) is 4.79 Å². The van der Waals surface area contributed by atoms with Gasteiger partial charge in [-0.3, -0.25) is 4.79 Å². The summed E-state index contributed by atoms with van der Waals surface area (Å²) in [5, 5.41) is 6.12. The lowest BCUT2D eigenvalue weighted by atomic mass is 10.1. The third-order valence-corrected chi connectivity index (χ3v) is 3.44. The minimum absolute atomic E-state index is 0.198. The first kappa shape index (κ1) is 15.9. The number of nitrogens with zero attached hydrogens (tertiary/aromatic N) is 2. The number of anilines is 1. The summed E-state index contributed by atoms with van der Waals surface area (Å²) < 4.78 is 0. The average molecular weight is 298 g/mol. The molecular formula is C17H22N4O.